The van der Waals surface area contributed by atoms with Gasteiger partial charge in [0.05, 0.1) is 17.4 Å². The molecule has 6 nitrogen and oxygen atoms in total. The Hall–Kier alpha value is -2.87. The summed E-state index contributed by atoms with van der Waals surface area (Å²) in [6.45, 7) is 1.10. The highest BCUT2D eigenvalue weighted by Crippen LogP contribution is 2.36. The Morgan fingerprint density at radius 3 is 2.81 bits per heavy atom. The third-order valence-corrected chi connectivity index (χ3v) is 5.15. The van der Waals surface area contributed by atoms with Crippen LogP contribution in [0.3, 0.4) is 0 Å². The molecule has 1 unspecified atom stereocenters. The number of anilines is 2. The van der Waals surface area contributed by atoms with Crippen LogP contribution in [0.25, 0.3) is 0 Å². The largest absolute Gasteiger partial charge is 0.456 e. The van der Waals surface area contributed by atoms with Crippen LogP contribution in [0.15, 0.2) is 47.4 Å². The highest BCUT2D eigenvalue weighted by molar-refractivity contribution is 8.01. The summed E-state index contributed by atoms with van der Waals surface area (Å²) in [7, 11) is 0. The number of aryl methyl sites for hydroxylation is 1. The van der Waals surface area contributed by atoms with Crippen molar-refractivity contribution in [3.63, 3.8) is 0 Å². The lowest BCUT2D eigenvalue weighted by Gasteiger charge is -2.23. The van der Waals surface area contributed by atoms with Gasteiger partial charge in [0.25, 0.3) is 5.91 Å². The molecule has 1 aliphatic rings. The van der Waals surface area contributed by atoms with E-state index < -0.39 is 29.6 Å². The van der Waals surface area contributed by atoms with Crippen molar-refractivity contribution in [1.29, 1.82) is 0 Å². The van der Waals surface area contributed by atoms with Crippen molar-refractivity contribution in [2.45, 2.75) is 23.5 Å². The van der Waals surface area contributed by atoms with E-state index in [1.807, 2.05) is 18.2 Å². The number of benzene rings is 2. The Morgan fingerprint density at radius 2 is 2.04 bits per heavy atom. The van der Waals surface area contributed by atoms with Crippen molar-refractivity contribution in [1.82, 2.24) is 0 Å². The molecule has 0 radical (unpaired) electrons. The normalized spacial score (nSPS) is 15.5. The second-order valence-corrected chi connectivity index (χ2v) is 7.21. The molecule has 0 saturated heterocycles. The van der Waals surface area contributed by atoms with Gasteiger partial charge in [-0.25, -0.2) is 4.39 Å². The number of halogens is 1. The topological polar surface area (TPSA) is 84.5 Å². The molecule has 27 heavy (non-hydrogen) atoms. The van der Waals surface area contributed by atoms with Crippen LogP contribution in [-0.4, -0.2) is 29.6 Å². The molecule has 0 spiro atoms. The van der Waals surface area contributed by atoms with Crippen molar-refractivity contribution < 1.29 is 23.5 Å². The number of carbonyl (C=O) groups excluding carboxylic acids is 3. The minimum Gasteiger partial charge on any atom is -0.456 e. The fourth-order valence-electron chi connectivity index (χ4n) is 2.45. The summed E-state index contributed by atoms with van der Waals surface area (Å²) in [5.74, 6) is -1.97. The molecule has 1 atom stereocenters. The third-order valence-electron chi connectivity index (χ3n) is 3.88. The summed E-state index contributed by atoms with van der Waals surface area (Å²) in [6, 6.07) is 11.6. The van der Waals surface area contributed by atoms with Crippen LogP contribution < -0.4 is 10.6 Å². The zero-order valence-electron chi connectivity index (χ0n) is 14.5. The van der Waals surface area contributed by atoms with E-state index >= 15 is 0 Å². The van der Waals surface area contributed by atoms with Gasteiger partial charge in [-0.05, 0) is 36.8 Å². The second-order valence-electron chi connectivity index (χ2n) is 5.97. The van der Waals surface area contributed by atoms with Crippen molar-refractivity contribution >= 4 is 40.9 Å². The van der Waals surface area contributed by atoms with Gasteiger partial charge in [-0.3, -0.25) is 14.4 Å². The molecule has 8 heteroatoms. The average molecular weight is 388 g/mol. The fourth-order valence-corrected chi connectivity index (χ4v) is 3.55. The van der Waals surface area contributed by atoms with E-state index in [0.29, 0.717) is 11.3 Å². The molecule has 2 N–H and O–H groups in total. The first-order valence-corrected chi connectivity index (χ1v) is 9.08. The number of hydrogen-bond acceptors (Lipinski definition) is 5. The van der Waals surface area contributed by atoms with Crippen LogP contribution in [0.5, 0.6) is 0 Å². The standard InChI is InChI=1S/C19H17FN2O4S/c1-11-6-7-12(8-13(11)20)21-17(23)10-26-18(24)9-16-19(25)22-14-4-2-3-5-15(14)27-16/h2-8,16H,9-10H2,1H3,(H,21,23)(H,22,25). The van der Waals surface area contributed by atoms with Gasteiger partial charge in [0.2, 0.25) is 5.91 Å². The highest BCUT2D eigenvalue weighted by atomic mass is 32.2. The lowest BCUT2D eigenvalue weighted by atomic mass is 10.2. The Balaban J connectivity index is 1.49. The van der Waals surface area contributed by atoms with E-state index in [0.717, 1.165) is 4.90 Å². The number of carbonyl (C=O) groups is 3. The SMILES string of the molecule is Cc1ccc(NC(=O)COC(=O)CC2Sc3ccccc3NC2=O)cc1F. The van der Waals surface area contributed by atoms with Crippen LogP contribution in [0.2, 0.25) is 0 Å². The van der Waals surface area contributed by atoms with Crippen LogP contribution >= 0.6 is 11.8 Å². The molecular weight excluding hydrogens is 371 g/mol. The number of ether oxygens (including phenoxy) is 1. The zero-order chi connectivity index (χ0) is 19.4. The van der Waals surface area contributed by atoms with Crippen molar-refractivity contribution in [3.8, 4) is 0 Å². The molecule has 1 heterocycles. The molecule has 140 valence electrons. The van der Waals surface area contributed by atoms with E-state index in [1.54, 1.807) is 19.1 Å². The molecule has 2 aromatic carbocycles. The smallest absolute Gasteiger partial charge is 0.307 e. The molecule has 0 bridgehead atoms. The molecule has 0 saturated carbocycles. The second kappa shape index (κ2) is 8.22. The van der Waals surface area contributed by atoms with Crippen molar-refractivity contribution in [3.05, 3.63) is 53.8 Å². The van der Waals surface area contributed by atoms with Gasteiger partial charge in [0, 0.05) is 10.6 Å². The number of amides is 2. The molecule has 0 aliphatic carbocycles. The number of hydrogen-bond donors (Lipinski definition) is 2. The molecular formula is C19H17FN2O4S. The Morgan fingerprint density at radius 1 is 1.26 bits per heavy atom. The predicted octanol–water partition coefficient (Wildman–Crippen LogP) is 3.12. The maximum Gasteiger partial charge on any atom is 0.307 e. The summed E-state index contributed by atoms with van der Waals surface area (Å²) in [4.78, 5) is 36.8. The molecule has 3 rings (SSSR count). The first-order valence-electron chi connectivity index (χ1n) is 8.20. The van der Waals surface area contributed by atoms with Crippen LogP contribution in [0, 0.1) is 12.7 Å². The number of nitrogens with one attached hydrogen (secondary N) is 2. The predicted molar refractivity (Wildman–Crippen MR) is 100 cm³/mol. The van der Waals surface area contributed by atoms with Gasteiger partial charge in [0.15, 0.2) is 6.61 Å². The fraction of sp³-hybridized carbons (Fsp3) is 0.211. The highest BCUT2D eigenvalue weighted by Gasteiger charge is 2.29. The lowest BCUT2D eigenvalue weighted by Crippen LogP contribution is -2.32. The average Bonchev–Trinajstić information content (AvgIpc) is 2.64. The van der Waals surface area contributed by atoms with E-state index in [1.165, 1.54) is 23.9 Å². The summed E-state index contributed by atoms with van der Waals surface area (Å²) >= 11 is 1.28. The van der Waals surface area contributed by atoms with Crippen molar-refractivity contribution in [2.75, 3.05) is 17.2 Å². The number of fused-ring (bicyclic) bond motifs is 1. The Labute approximate surface area is 159 Å². The Kier molecular flexibility index (Phi) is 5.75. The molecule has 0 aromatic heterocycles. The summed E-state index contributed by atoms with van der Waals surface area (Å²) in [5.41, 5.74) is 1.45. The quantitative estimate of drug-likeness (QED) is 0.769. The van der Waals surface area contributed by atoms with Gasteiger partial charge in [0.1, 0.15) is 5.82 Å². The maximum absolute atomic E-state index is 13.5. The monoisotopic (exact) mass is 388 g/mol. The maximum atomic E-state index is 13.5. The summed E-state index contributed by atoms with van der Waals surface area (Å²) < 4.78 is 18.4. The lowest BCUT2D eigenvalue weighted by molar-refractivity contribution is -0.147. The minimum absolute atomic E-state index is 0.155. The first kappa shape index (κ1) is 18.9. The van der Waals surface area contributed by atoms with Gasteiger partial charge < -0.3 is 15.4 Å². The number of rotatable bonds is 5. The van der Waals surface area contributed by atoms with E-state index in [2.05, 4.69) is 10.6 Å². The molecule has 2 aromatic rings. The van der Waals surface area contributed by atoms with Crippen LogP contribution in [0.4, 0.5) is 15.8 Å². The molecule has 0 fully saturated rings. The number of thioether (sulfide) groups is 1. The summed E-state index contributed by atoms with van der Waals surface area (Å²) in [6.07, 6.45) is -0.155. The Bertz CT molecular complexity index is 903. The van der Waals surface area contributed by atoms with Crippen LogP contribution in [-0.2, 0) is 19.1 Å². The van der Waals surface area contributed by atoms with Gasteiger partial charge in [-0.2, -0.15) is 0 Å². The van der Waals surface area contributed by atoms with E-state index in [-0.39, 0.29) is 18.0 Å². The number of para-hydroxylation sites is 1. The number of esters is 1. The van der Waals surface area contributed by atoms with E-state index in [4.69, 9.17) is 4.74 Å². The van der Waals surface area contributed by atoms with Gasteiger partial charge in [-0.1, -0.05) is 18.2 Å². The molecule has 2 amide bonds. The molecule has 1 aliphatic heterocycles. The van der Waals surface area contributed by atoms with Gasteiger partial charge >= 0.3 is 5.97 Å². The third kappa shape index (κ3) is 4.85. The van der Waals surface area contributed by atoms with Crippen molar-refractivity contribution in [2.24, 2.45) is 0 Å². The minimum atomic E-state index is -0.660. The van der Waals surface area contributed by atoms with Crippen LogP contribution in [0.1, 0.15) is 12.0 Å². The van der Waals surface area contributed by atoms with Gasteiger partial charge in [-0.15, -0.1) is 11.8 Å². The van der Waals surface area contributed by atoms with E-state index in [9.17, 15) is 18.8 Å². The summed E-state index contributed by atoms with van der Waals surface area (Å²) in [5, 5.41) is 4.57. The first-order chi connectivity index (χ1) is 12.9. The zero-order valence-corrected chi connectivity index (χ0v) is 15.3.